The average Bonchev–Trinajstić information content (AvgIpc) is 3.14. The summed E-state index contributed by atoms with van der Waals surface area (Å²) in [6, 6.07) is 15.1. The van der Waals surface area contributed by atoms with E-state index in [0.717, 1.165) is 0 Å². The van der Waals surface area contributed by atoms with E-state index in [2.05, 4.69) is 0 Å². The molecule has 1 aromatic heterocycles. The minimum absolute atomic E-state index is 0.100. The van der Waals surface area contributed by atoms with Gasteiger partial charge < -0.3 is 9.15 Å². The quantitative estimate of drug-likeness (QED) is 0.358. The van der Waals surface area contributed by atoms with Crippen molar-refractivity contribution in [2.45, 2.75) is 0 Å². The molecule has 0 radical (unpaired) electrons. The lowest BCUT2D eigenvalue weighted by Gasteiger charge is -2.05. The van der Waals surface area contributed by atoms with Crippen LogP contribution in [0.15, 0.2) is 59.0 Å². The van der Waals surface area contributed by atoms with Gasteiger partial charge in [-0.2, -0.15) is 5.26 Å². The van der Waals surface area contributed by atoms with Gasteiger partial charge >= 0.3 is 0 Å². The largest absolute Gasteiger partial charge is 0.496 e. The summed E-state index contributed by atoms with van der Waals surface area (Å²) in [7, 11) is 1.45. The summed E-state index contributed by atoms with van der Waals surface area (Å²) >= 11 is 0. The van der Waals surface area contributed by atoms with Gasteiger partial charge in [-0.1, -0.05) is 12.1 Å². The van der Waals surface area contributed by atoms with Gasteiger partial charge in [-0.25, -0.2) is 4.39 Å². The summed E-state index contributed by atoms with van der Waals surface area (Å²) in [6.45, 7) is 0. The zero-order valence-electron chi connectivity index (χ0n) is 14.2. The fourth-order valence-corrected chi connectivity index (χ4v) is 2.56. The van der Waals surface area contributed by atoms with Crippen molar-refractivity contribution in [3.8, 4) is 23.1 Å². The first kappa shape index (κ1) is 17.9. The maximum atomic E-state index is 13.4. The van der Waals surface area contributed by atoms with Crippen molar-refractivity contribution in [2.24, 2.45) is 0 Å². The Morgan fingerprint density at radius 2 is 2.07 bits per heavy atom. The zero-order valence-corrected chi connectivity index (χ0v) is 14.2. The number of nitro groups is 1. The van der Waals surface area contributed by atoms with Gasteiger partial charge in [0.1, 0.15) is 23.1 Å². The molecule has 0 N–H and O–H groups in total. The number of benzene rings is 2. The number of nitro benzene ring substituents is 1. The maximum Gasteiger partial charge on any atom is 0.270 e. The molecule has 0 aliphatic carbocycles. The van der Waals surface area contributed by atoms with Crippen molar-refractivity contribution in [2.75, 3.05) is 7.11 Å². The van der Waals surface area contributed by atoms with Gasteiger partial charge in [0.25, 0.3) is 5.69 Å². The number of methoxy groups -OCH3 is 1. The first-order valence-electron chi connectivity index (χ1n) is 7.82. The number of ether oxygens (including phenoxy) is 1. The Kier molecular flexibility index (Phi) is 4.99. The number of non-ortho nitro benzene ring substituents is 1. The fraction of sp³-hybridized carbons (Fsp3) is 0.0500. The van der Waals surface area contributed by atoms with Gasteiger partial charge in [-0.3, -0.25) is 10.1 Å². The number of furan rings is 1. The molecule has 3 aromatic rings. The molecule has 0 amide bonds. The molecule has 0 fully saturated rings. The van der Waals surface area contributed by atoms with Gasteiger partial charge in [0, 0.05) is 12.1 Å². The predicted molar refractivity (Wildman–Crippen MR) is 97.2 cm³/mol. The Balaban J connectivity index is 2.01. The summed E-state index contributed by atoms with van der Waals surface area (Å²) in [5, 5.41) is 20.4. The Morgan fingerprint density at radius 1 is 1.26 bits per heavy atom. The molecule has 0 aliphatic heterocycles. The molecule has 0 saturated heterocycles. The van der Waals surface area contributed by atoms with Crippen LogP contribution in [0.2, 0.25) is 0 Å². The molecule has 0 saturated carbocycles. The molecule has 6 nitrogen and oxygen atoms in total. The van der Waals surface area contributed by atoms with E-state index in [0.29, 0.717) is 28.4 Å². The smallest absolute Gasteiger partial charge is 0.270 e. The minimum atomic E-state index is -0.509. The van der Waals surface area contributed by atoms with E-state index >= 15 is 0 Å². The van der Waals surface area contributed by atoms with Crippen LogP contribution in [0.4, 0.5) is 10.1 Å². The molecule has 0 aliphatic rings. The van der Waals surface area contributed by atoms with Crippen molar-refractivity contribution in [3.63, 3.8) is 0 Å². The second-order valence-electron chi connectivity index (χ2n) is 5.52. The lowest BCUT2D eigenvalue weighted by molar-refractivity contribution is -0.384. The highest BCUT2D eigenvalue weighted by atomic mass is 19.1. The van der Waals surface area contributed by atoms with Crippen LogP contribution in [-0.2, 0) is 0 Å². The van der Waals surface area contributed by atoms with Crippen LogP contribution >= 0.6 is 0 Å². The van der Waals surface area contributed by atoms with E-state index in [-0.39, 0.29) is 11.3 Å². The van der Waals surface area contributed by atoms with Crippen LogP contribution in [-0.4, -0.2) is 12.0 Å². The normalized spacial score (nSPS) is 11.1. The molecule has 7 heteroatoms. The number of halogens is 1. The molecule has 0 bridgehead atoms. The Bertz CT molecular complexity index is 1080. The summed E-state index contributed by atoms with van der Waals surface area (Å²) in [5.74, 6) is 0.656. The highest BCUT2D eigenvalue weighted by molar-refractivity contribution is 5.89. The first-order valence-corrected chi connectivity index (χ1v) is 7.82. The van der Waals surface area contributed by atoms with Crippen LogP contribution in [0.3, 0.4) is 0 Å². The van der Waals surface area contributed by atoms with E-state index in [1.54, 1.807) is 18.2 Å². The lowest BCUT2D eigenvalue weighted by Crippen LogP contribution is -1.91. The molecule has 134 valence electrons. The second kappa shape index (κ2) is 7.54. The molecule has 0 spiro atoms. The molecule has 27 heavy (non-hydrogen) atoms. The number of allylic oxidation sites excluding steroid dienone is 1. The van der Waals surface area contributed by atoms with E-state index < -0.39 is 10.7 Å². The van der Waals surface area contributed by atoms with Crippen molar-refractivity contribution in [3.05, 3.63) is 81.9 Å². The van der Waals surface area contributed by atoms with Crippen molar-refractivity contribution < 1.29 is 18.5 Å². The van der Waals surface area contributed by atoms with Gasteiger partial charge in [0.2, 0.25) is 0 Å². The molecule has 1 heterocycles. The number of nitriles is 1. The number of hydrogen-bond donors (Lipinski definition) is 0. The topological polar surface area (TPSA) is 89.3 Å². The SMILES string of the molecule is COc1ccc([N+](=O)[O-])cc1-c1ccc(/C=C(/C#N)c2cccc(F)c2)o1. The standard InChI is InChI=1S/C20H13FN2O4/c1-26-19-7-5-16(23(24)25)11-18(19)20-8-6-17(27-20)10-14(12-22)13-3-2-4-15(21)9-13/h2-11H,1H3/b14-10-. The van der Waals surface area contributed by atoms with E-state index in [1.807, 2.05) is 6.07 Å². The predicted octanol–water partition coefficient (Wildman–Crippen LogP) is 5.07. The highest BCUT2D eigenvalue weighted by Gasteiger charge is 2.16. The van der Waals surface area contributed by atoms with Crippen LogP contribution in [0.1, 0.15) is 11.3 Å². The van der Waals surface area contributed by atoms with Crippen LogP contribution in [0, 0.1) is 27.3 Å². The third kappa shape index (κ3) is 3.85. The van der Waals surface area contributed by atoms with Gasteiger partial charge in [-0.05, 0) is 42.0 Å². The molecular formula is C20H13FN2O4. The number of rotatable bonds is 5. The van der Waals surface area contributed by atoms with Gasteiger partial charge in [0.15, 0.2) is 0 Å². The summed E-state index contributed by atoms with van der Waals surface area (Å²) in [6.07, 6.45) is 1.47. The molecule has 3 rings (SSSR count). The number of nitrogens with zero attached hydrogens (tertiary/aromatic N) is 2. The lowest BCUT2D eigenvalue weighted by atomic mass is 10.1. The fourth-order valence-electron chi connectivity index (χ4n) is 2.56. The number of hydrogen-bond acceptors (Lipinski definition) is 5. The van der Waals surface area contributed by atoms with Gasteiger partial charge in [-0.15, -0.1) is 0 Å². The molecule has 0 unspecified atom stereocenters. The Hall–Kier alpha value is -3.92. The van der Waals surface area contributed by atoms with Gasteiger partial charge in [0.05, 0.1) is 29.2 Å². The third-order valence-corrected chi connectivity index (χ3v) is 3.83. The Morgan fingerprint density at radius 3 is 2.74 bits per heavy atom. The monoisotopic (exact) mass is 364 g/mol. The van der Waals surface area contributed by atoms with Crippen LogP contribution < -0.4 is 4.74 Å². The van der Waals surface area contributed by atoms with Crippen molar-refractivity contribution >= 4 is 17.3 Å². The molecule has 2 aromatic carbocycles. The van der Waals surface area contributed by atoms with Crippen LogP contribution in [0.5, 0.6) is 5.75 Å². The highest BCUT2D eigenvalue weighted by Crippen LogP contribution is 2.35. The Labute approximate surface area is 153 Å². The maximum absolute atomic E-state index is 13.4. The van der Waals surface area contributed by atoms with E-state index in [4.69, 9.17) is 9.15 Å². The third-order valence-electron chi connectivity index (χ3n) is 3.83. The van der Waals surface area contributed by atoms with Crippen molar-refractivity contribution in [1.29, 1.82) is 5.26 Å². The summed E-state index contributed by atoms with van der Waals surface area (Å²) < 4.78 is 24.3. The minimum Gasteiger partial charge on any atom is -0.496 e. The first-order chi connectivity index (χ1) is 13.0. The van der Waals surface area contributed by atoms with E-state index in [1.165, 1.54) is 49.6 Å². The second-order valence-corrected chi connectivity index (χ2v) is 5.52. The summed E-state index contributed by atoms with van der Waals surface area (Å²) in [4.78, 5) is 10.5. The van der Waals surface area contributed by atoms with Crippen molar-refractivity contribution in [1.82, 2.24) is 0 Å². The van der Waals surface area contributed by atoms with E-state index in [9.17, 15) is 19.8 Å². The zero-order chi connectivity index (χ0) is 19.4. The summed E-state index contributed by atoms with van der Waals surface area (Å²) in [5.41, 5.74) is 0.956. The van der Waals surface area contributed by atoms with Crippen LogP contribution in [0.25, 0.3) is 23.0 Å². The molecule has 0 atom stereocenters. The molecular weight excluding hydrogens is 351 g/mol. The average molecular weight is 364 g/mol.